The van der Waals surface area contributed by atoms with Crippen LogP contribution in [0.25, 0.3) is 11.4 Å². The van der Waals surface area contributed by atoms with E-state index in [2.05, 4.69) is 46.6 Å². The number of amides is 1. The quantitative estimate of drug-likeness (QED) is 0.631. The number of carbonyl (C=O) groups is 1. The zero-order valence-electron chi connectivity index (χ0n) is 17.0. The Morgan fingerprint density at radius 3 is 2.43 bits per heavy atom. The molecule has 1 aliphatic heterocycles. The van der Waals surface area contributed by atoms with Crippen molar-refractivity contribution in [3.05, 3.63) is 64.7 Å². The van der Waals surface area contributed by atoms with E-state index in [1.165, 1.54) is 5.56 Å². The van der Waals surface area contributed by atoms with Gasteiger partial charge in [-0.05, 0) is 54.7 Å². The fourth-order valence-corrected chi connectivity index (χ4v) is 3.75. The van der Waals surface area contributed by atoms with Gasteiger partial charge in [-0.1, -0.05) is 47.9 Å². The lowest BCUT2D eigenvalue weighted by Crippen LogP contribution is -2.40. The van der Waals surface area contributed by atoms with Crippen LogP contribution in [-0.4, -0.2) is 29.1 Å². The van der Waals surface area contributed by atoms with Crippen molar-refractivity contribution in [2.24, 2.45) is 5.92 Å². The summed E-state index contributed by atoms with van der Waals surface area (Å²) in [4.78, 5) is 19.1. The van der Waals surface area contributed by atoms with Crippen molar-refractivity contribution in [1.29, 1.82) is 0 Å². The van der Waals surface area contributed by atoms with E-state index in [1.54, 1.807) is 12.1 Å². The molecule has 0 radical (unpaired) electrons. The van der Waals surface area contributed by atoms with Gasteiger partial charge in [-0.15, -0.1) is 0 Å². The minimum Gasteiger partial charge on any atom is -0.352 e. The average molecular weight is 425 g/mol. The molecule has 3 aromatic rings. The molecule has 1 saturated heterocycles. The topological polar surface area (TPSA) is 71.3 Å². The Morgan fingerprint density at radius 2 is 1.77 bits per heavy atom. The molecule has 7 heteroatoms. The van der Waals surface area contributed by atoms with E-state index >= 15 is 0 Å². The first-order valence-electron chi connectivity index (χ1n) is 10.3. The van der Waals surface area contributed by atoms with Crippen molar-refractivity contribution in [2.75, 3.05) is 18.0 Å². The van der Waals surface area contributed by atoms with Gasteiger partial charge in [-0.25, -0.2) is 0 Å². The Morgan fingerprint density at radius 1 is 1.10 bits per heavy atom. The van der Waals surface area contributed by atoms with Crippen molar-refractivity contribution in [3.63, 3.8) is 0 Å². The van der Waals surface area contributed by atoms with E-state index in [-0.39, 0.29) is 11.8 Å². The molecule has 0 atom stereocenters. The SMILES string of the molecule is CCc1ccc(CNC(=O)C2CCN(c3nc(-c4ccc(Cl)cc4)no3)CC2)cc1. The normalized spacial score (nSPS) is 14.7. The Labute approximate surface area is 181 Å². The molecule has 30 heavy (non-hydrogen) atoms. The molecule has 1 N–H and O–H groups in total. The Hall–Kier alpha value is -2.86. The predicted molar refractivity (Wildman–Crippen MR) is 117 cm³/mol. The van der Waals surface area contributed by atoms with Crippen LogP contribution < -0.4 is 10.2 Å². The number of carbonyl (C=O) groups excluding carboxylic acids is 1. The first kappa shape index (κ1) is 20.4. The number of hydrogen-bond acceptors (Lipinski definition) is 5. The average Bonchev–Trinajstić information content (AvgIpc) is 3.29. The van der Waals surface area contributed by atoms with Crippen LogP contribution >= 0.6 is 11.6 Å². The summed E-state index contributed by atoms with van der Waals surface area (Å²) in [6.07, 6.45) is 2.55. The second-order valence-corrected chi connectivity index (χ2v) is 7.99. The van der Waals surface area contributed by atoms with E-state index in [1.807, 2.05) is 17.0 Å². The molecule has 1 amide bonds. The fraction of sp³-hybridized carbons (Fsp3) is 0.348. The summed E-state index contributed by atoms with van der Waals surface area (Å²) >= 11 is 5.93. The first-order chi connectivity index (χ1) is 14.6. The summed E-state index contributed by atoms with van der Waals surface area (Å²) in [5, 5.41) is 7.81. The van der Waals surface area contributed by atoms with Gasteiger partial charge in [0.2, 0.25) is 11.7 Å². The second kappa shape index (κ2) is 9.30. The number of aromatic nitrogens is 2. The first-order valence-corrected chi connectivity index (χ1v) is 10.7. The lowest BCUT2D eigenvalue weighted by Gasteiger charge is -2.29. The van der Waals surface area contributed by atoms with Crippen LogP contribution in [0.3, 0.4) is 0 Å². The summed E-state index contributed by atoms with van der Waals surface area (Å²) in [6.45, 7) is 4.13. The Balaban J connectivity index is 1.28. The molecule has 0 unspecified atom stereocenters. The van der Waals surface area contributed by atoms with E-state index in [9.17, 15) is 4.79 Å². The summed E-state index contributed by atoms with van der Waals surface area (Å²) in [7, 11) is 0. The Kier molecular flexibility index (Phi) is 6.33. The maximum atomic E-state index is 12.6. The standard InChI is InChI=1S/C23H25ClN4O2/c1-2-16-3-5-17(6-4-16)15-25-22(29)19-11-13-28(14-12-19)23-26-21(27-30-23)18-7-9-20(24)10-8-18/h3-10,19H,2,11-15H2,1H3,(H,25,29). The van der Waals surface area contributed by atoms with Crippen molar-refractivity contribution in [2.45, 2.75) is 32.7 Å². The molecule has 0 bridgehead atoms. The van der Waals surface area contributed by atoms with Gasteiger partial charge in [0.05, 0.1) is 0 Å². The van der Waals surface area contributed by atoms with Crippen LogP contribution in [0.5, 0.6) is 0 Å². The molecule has 156 valence electrons. The number of halogens is 1. The highest BCUT2D eigenvalue weighted by atomic mass is 35.5. The van der Waals surface area contributed by atoms with Crippen molar-refractivity contribution in [1.82, 2.24) is 15.5 Å². The molecule has 0 spiro atoms. The lowest BCUT2D eigenvalue weighted by atomic mass is 9.96. The number of nitrogens with one attached hydrogen (secondary N) is 1. The minimum atomic E-state index is 0.00909. The number of rotatable bonds is 6. The number of benzene rings is 2. The Bertz CT molecular complexity index is 977. The van der Waals surface area contributed by atoms with Gasteiger partial charge in [0.25, 0.3) is 0 Å². The highest BCUT2D eigenvalue weighted by Gasteiger charge is 2.27. The zero-order valence-corrected chi connectivity index (χ0v) is 17.7. The van der Waals surface area contributed by atoms with Gasteiger partial charge < -0.3 is 14.7 Å². The second-order valence-electron chi connectivity index (χ2n) is 7.56. The highest BCUT2D eigenvalue weighted by Crippen LogP contribution is 2.25. The maximum absolute atomic E-state index is 12.6. The van der Waals surface area contributed by atoms with E-state index in [0.29, 0.717) is 36.5 Å². The third kappa shape index (κ3) is 4.82. The molecule has 1 aliphatic rings. The van der Waals surface area contributed by atoms with Gasteiger partial charge in [0.15, 0.2) is 0 Å². The molecule has 2 aromatic carbocycles. The molecular weight excluding hydrogens is 400 g/mol. The van der Waals surface area contributed by atoms with Gasteiger partial charge >= 0.3 is 6.01 Å². The molecule has 6 nitrogen and oxygen atoms in total. The highest BCUT2D eigenvalue weighted by molar-refractivity contribution is 6.30. The van der Waals surface area contributed by atoms with Crippen LogP contribution in [0.15, 0.2) is 53.1 Å². The third-order valence-electron chi connectivity index (χ3n) is 5.55. The van der Waals surface area contributed by atoms with Crippen molar-refractivity contribution < 1.29 is 9.32 Å². The number of nitrogens with zero attached hydrogens (tertiary/aromatic N) is 3. The van der Waals surface area contributed by atoms with Crippen LogP contribution in [-0.2, 0) is 17.8 Å². The summed E-state index contributed by atoms with van der Waals surface area (Å²) in [5.41, 5.74) is 3.28. The van der Waals surface area contributed by atoms with E-state index in [0.717, 1.165) is 30.4 Å². The number of anilines is 1. The molecule has 1 fully saturated rings. The molecular formula is C23H25ClN4O2. The van der Waals surface area contributed by atoms with Crippen molar-refractivity contribution in [3.8, 4) is 11.4 Å². The van der Waals surface area contributed by atoms with Gasteiger partial charge in [0, 0.05) is 36.1 Å². The predicted octanol–water partition coefficient (Wildman–Crippen LogP) is 4.49. The number of hydrogen-bond donors (Lipinski definition) is 1. The van der Waals surface area contributed by atoms with Crippen LogP contribution in [0.1, 0.15) is 30.9 Å². The summed E-state index contributed by atoms with van der Waals surface area (Å²) in [6, 6.07) is 16.2. The van der Waals surface area contributed by atoms with Gasteiger partial charge in [-0.3, -0.25) is 4.79 Å². The van der Waals surface area contributed by atoms with E-state index < -0.39 is 0 Å². The molecule has 1 aromatic heterocycles. The van der Waals surface area contributed by atoms with Gasteiger partial charge in [-0.2, -0.15) is 4.98 Å². The van der Waals surface area contributed by atoms with Crippen molar-refractivity contribution >= 4 is 23.5 Å². The summed E-state index contributed by atoms with van der Waals surface area (Å²) < 4.78 is 5.44. The monoisotopic (exact) mass is 424 g/mol. The number of piperidine rings is 1. The van der Waals surface area contributed by atoms with Crippen LogP contribution in [0, 0.1) is 5.92 Å². The number of aryl methyl sites for hydroxylation is 1. The molecule has 2 heterocycles. The molecule has 0 saturated carbocycles. The fourth-order valence-electron chi connectivity index (χ4n) is 3.62. The summed E-state index contributed by atoms with van der Waals surface area (Å²) in [5.74, 6) is 0.659. The van der Waals surface area contributed by atoms with Crippen LogP contribution in [0.2, 0.25) is 5.02 Å². The lowest BCUT2D eigenvalue weighted by molar-refractivity contribution is -0.125. The van der Waals surface area contributed by atoms with Crippen LogP contribution in [0.4, 0.5) is 6.01 Å². The van der Waals surface area contributed by atoms with Gasteiger partial charge in [0.1, 0.15) is 0 Å². The molecule has 4 rings (SSSR count). The zero-order chi connectivity index (χ0) is 20.9. The van der Waals surface area contributed by atoms with E-state index in [4.69, 9.17) is 16.1 Å². The minimum absolute atomic E-state index is 0.00909. The maximum Gasteiger partial charge on any atom is 0.324 e. The largest absolute Gasteiger partial charge is 0.352 e. The smallest absolute Gasteiger partial charge is 0.324 e. The molecule has 0 aliphatic carbocycles. The third-order valence-corrected chi connectivity index (χ3v) is 5.80.